The number of carboxylic acids is 1. The minimum absolute atomic E-state index is 0.177. The van der Waals surface area contributed by atoms with Crippen LogP contribution in [0, 0.1) is 13.8 Å². The monoisotopic (exact) mass is 267 g/mol. The predicted octanol–water partition coefficient (Wildman–Crippen LogP) is 1.94. The van der Waals surface area contributed by atoms with E-state index in [0.717, 1.165) is 16.0 Å². The average Bonchev–Trinajstić information content (AvgIpc) is 2.29. The summed E-state index contributed by atoms with van der Waals surface area (Å²) in [6.07, 6.45) is 0. The van der Waals surface area contributed by atoms with Crippen LogP contribution in [0.4, 0.5) is 0 Å². The van der Waals surface area contributed by atoms with Crippen molar-refractivity contribution in [2.24, 2.45) is 0 Å². The topological polar surface area (TPSA) is 57.6 Å². The Labute approximate surface area is 111 Å². The number of nitrogens with zero attached hydrogens (tertiary/aromatic N) is 1. The number of hydrogen-bond donors (Lipinski definition) is 1. The molecule has 0 aliphatic carbocycles. The van der Waals surface area contributed by atoms with Crippen molar-refractivity contribution >= 4 is 23.6 Å². The highest BCUT2D eigenvalue weighted by atomic mass is 32.2. The van der Waals surface area contributed by atoms with E-state index in [9.17, 15) is 9.59 Å². The number of rotatable bonds is 5. The van der Waals surface area contributed by atoms with E-state index in [-0.39, 0.29) is 18.2 Å². The molecule has 0 saturated heterocycles. The van der Waals surface area contributed by atoms with Crippen LogP contribution in [-0.4, -0.2) is 41.2 Å². The van der Waals surface area contributed by atoms with Crippen LogP contribution < -0.4 is 0 Å². The minimum atomic E-state index is -0.998. The molecule has 0 bridgehead atoms. The summed E-state index contributed by atoms with van der Waals surface area (Å²) in [5.74, 6) is -0.917. The van der Waals surface area contributed by atoms with Crippen LogP contribution in [0.25, 0.3) is 0 Å². The lowest BCUT2D eigenvalue weighted by Crippen LogP contribution is -2.33. The van der Waals surface area contributed by atoms with Gasteiger partial charge in [0.05, 0.1) is 5.75 Å². The van der Waals surface area contributed by atoms with Gasteiger partial charge in [0.2, 0.25) is 5.91 Å². The molecule has 0 atom stereocenters. The summed E-state index contributed by atoms with van der Waals surface area (Å²) in [5.41, 5.74) is 2.27. The first kappa shape index (κ1) is 14.6. The fourth-order valence-corrected chi connectivity index (χ4v) is 2.47. The number of carbonyl (C=O) groups excluding carboxylic acids is 1. The van der Waals surface area contributed by atoms with Crippen molar-refractivity contribution in [3.63, 3.8) is 0 Å². The average molecular weight is 267 g/mol. The Morgan fingerprint density at radius 1 is 1.33 bits per heavy atom. The quantitative estimate of drug-likeness (QED) is 0.828. The van der Waals surface area contributed by atoms with Gasteiger partial charge < -0.3 is 10.0 Å². The fraction of sp³-hybridized carbons (Fsp3) is 0.385. The molecule has 1 rings (SSSR count). The summed E-state index contributed by atoms with van der Waals surface area (Å²) in [6, 6.07) is 6.07. The second-order valence-electron chi connectivity index (χ2n) is 4.20. The Balaban J connectivity index is 2.57. The Morgan fingerprint density at radius 3 is 2.61 bits per heavy atom. The van der Waals surface area contributed by atoms with Crippen LogP contribution in [-0.2, 0) is 9.59 Å². The molecule has 0 aliphatic heterocycles. The Hall–Kier alpha value is -1.49. The molecule has 0 heterocycles. The zero-order chi connectivity index (χ0) is 13.7. The van der Waals surface area contributed by atoms with Crippen LogP contribution >= 0.6 is 11.8 Å². The van der Waals surface area contributed by atoms with Gasteiger partial charge in [0.1, 0.15) is 6.54 Å². The fourth-order valence-electron chi connectivity index (χ4n) is 1.40. The number of benzene rings is 1. The maximum atomic E-state index is 11.7. The third-order valence-corrected chi connectivity index (χ3v) is 3.64. The van der Waals surface area contributed by atoms with Crippen molar-refractivity contribution in [1.82, 2.24) is 4.90 Å². The van der Waals surface area contributed by atoms with Crippen molar-refractivity contribution in [3.8, 4) is 0 Å². The highest BCUT2D eigenvalue weighted by Crippen LogP contribution is 2.23. The highest BCUT2D eigenvalue weighted by molar-refractivity contribution is 8.00. The summed E-state index contributed by atoms with van der Waals surface area (Å²) in [4.78, 5) is 24.5. The van der Waals surface area contributed by atoms with Gasteiger partial charge in [0.15, 0.2) is 0 Å². The molecule has 1 aromatic rings. The van der Waals surface area contributed by atoms with E-state index in [1.54, 1.807) is 0 Å². The molecular formula is C13H17NO3S. The van der Waals surface area contributed by atoms with Gasteiger partial charge in [-0.3, -0.25) is 9.59 Å². The van der Waals surface area contributed by atoms with Gasteiger partial charge in [0, 0.05) is 11.9 Å². The Morgan fingerprint density at radius 2 is 2.00 bits per heavy atom. The summed E-state index contributed by atoms with van der Waals surface area (Å²) in [6.45, 7) is 3.74. The van der Waals surface area contributed by atoms with E-state index < -0.39 is 5.97 Å². The molecule has 0 spiro atoms. The number of aliphatic carboxylic acids is 1. The van der Waals surface area contributed by atoms with Gasteiger partial charge in [0.25, 0.3) is 0 Å². The maximum Gasteiger partial charge on any atom is 0.323 e. The molecule has 0 unspecified atom stereocenters. The first-order valence-electron chi connectivity index (χ1n) is 5.56. The summed E-state index contributed by atoms with van der Waals surface area (Å²) < 4.78 is 0. The third-order valence-electron chi connectivity index (χ3n) is 2.49. The second kappa shape index (κ2) is 6.44. The van der Waals surface area contributed by atoms with Crippen LogP contribution in [0.5, 0.6) is 0 Å². The third kappa shape index (κ3) is 4.41. The maximum absolute atomic E-state index is 11.7. The molecule has 98 valence electrons. The molecule has 4 nitrogen and oxygen atoms in total. The summed E-state index contributed by atoms with van der Waals surface area (Å²) >= 11 is 1.44. The molecule has 0 radical (unpaired) electrons. The van der Waals surface area contributed by atoms with E-state index in [1.165, 1.54) is 23.7 Å². The highest BCUT2D eigenvalue weighted by Gasteiger charge is 2.12. The number of thioether (sulfide) groups is 1. The van der Waals surface area contributed by atoms with Crippen LogP contribution in [0.15, 0.2) is 23.1 Å². The number of amides is 1. The number of likely N-dealkylation sites (N-methyl/N-ethyl adjacent to an activating group) is 1. The van der Waals surface area contributed by atoms with E-state index in [2.05, 4.69) is 0 Å². The molecule has 0 fully saturated rings. The molecule has 0 aliphatic rings. The number of carboxylic acid groups (broad SMARTS) is 1. The largest absolute Gasteiger partial charge is 0.480 e. The molecule has 18 heavy (non-hydrogen) atoms. The molecule has 1 amide bonds. The lowest BCUT2D eigenvalue weighted by molar-refractivity contribution is -0.142. The predicted molar refractivity (Wildman–Crippen MR) is 71.9 cm³/mol. The van der Waals surface area contributed by atoms with E-state index in [0.29, 0.717) is 0 Å². The zero-order valence-corrected chi connectivity index (χ0v) is 11.6. The van der Waals surface area contributed by atoms with E-state index in [1.807, 2.05) is 32.0 Å². The zero-order valence-electron chi connectivity index (χ0n) is 10.8. The lowest BCUT2D eigenvalue weighted by Gasteiger charge is -2.14. The van der Waals surface area contributed by atoms with Crippen LogP contribution in [0.3, 0.4) is 0 Å². The molecule has 0 aromatic heterocycles. The number of aryl methyl sites for hydroxylation is 2. The van der Waals surface area contributed by atoms with Crippen molar-refractivity contribution in [2.45, 2.75) is 18.7 Å². The number of hydrogen-bond acceptors (Lipinski definition) is 3. The standard InChI is InChI=1S/C13H17NO3S/c1-9-4-5-10(2)11(6-9)18-8-12(15)14(3)7-13(16)17/h4-6H,7-8H2,1-3H3,(H,16,17). The van der Waals surface area contributed by atoms with Gasteiger partial charge in [-0.25, -0.2) is 0 Å². The Bertz CT molecular complexity index is 460. The van der Waals surface area contributed by atoms with Crippen molar-refractivity contribution in [1.29, 1.82) is 0 Å². The van der Waals surface area contributed by atoms with Gasteiger partial charge >= 0.3 is 5.97 Å². The first-order chi connectivity index (χ1) is 8.40. The van der Waals surface area contributed by atoms with Gasteiger partial charge in [-0.2, -0.15) is 0 Å². The van der Waals surface area contributed by atoms with Gasteiger partial charge in [-0.15, -0.1) is 11.8 Å². The van der Waals surface area contributed by atoms with Gasteiger partial charge in [-0.05, 0) is 25.5 Å². The lowest BCUT2D eigenvalue weighted by atomic mass is 10.2. The van der Waals surface area contributed by atoms with Crippen LogP contribution in [0.2, 0.25) is 0 Å². The van der Waals surface area contributed by atoms with E-state index in [4.69, 9.17) is 5.11 Å². The van der Waals surface area contributed by atoms with Gasteiger partial charge in [-0.1, -0.05) is 17.7 Å². The molecule has 0 saturated carbocycles. The van der Waals surface area contributed by atoms with Crippen molar-refractivity contribution in [2.75, 3.05) is 19.3 Å². The molecule has 5 heteroatoms. The normalized spacial score (nSPS) is 10.2. The summed E-state index contributed by atoms with van der Waals surface area (Å²) in [5, 5.41) is 8.60. The van der Waals surface area contributed by atoms with Crippen molar-refractivity contribution in [3.05, 3.63) is 29.3 Å². The van der Waals surface area contributed by atoms with Crippen LogP contribution in [0.1, 0.15) is 11.1 Å². The first-order valence-corrected chi connectivity index (χ1v) is 6.54. The SMILES string of the molecule is Cc1ccc(C)c(SCC(=O)N(C)CC(=O)O)c1. The molecule has 1 N–H and O–H groups in total. The van der Waals surface area contributed by atoms with Crippen molar-refractivity contribution < 1.29 is 14.7 Å². The minimum Gasteiger partial charge on any atom is -0.480 e. The smallest absolute Gasteiger partial charge is 0.323 e. The molecular weight excluding hydrogens is 250 g/mol. The number of carbonyl (C=O) groups is 2. The second-order valence-corrected chi connectivity index (χ2v) is 5.22. The summed E-state index contributed by atoms with van der Waals surface area (Å²) in [7, 11) is 1.50. The van der Waals surface area contributed by atoms with E-state index >= 15 is 0 Å². The molecule has 1 aromatic carbocycles. The Kier molecular flexibility index (Phi) is 5.22.